The van der Waals surface area contributed by atoms with E-state index in [0.29, 0.717) is 5.92 Å². The van der Waals surface area contributed by atoms with Gasteiger partial charge in [0.05, 0.1) is 0 Å². The minimum absolute atomic E-state index is 0.463. The normalized spacial score (nSPS) is 14.4. The van der Waals surface area contributed by atoms with E-state index in [2.05, 4.69) is 58.0 Å². The molecule has 1 aliphatic carbocycles. The third kappa shape index (κ3) is 3.36. The minimum Gasteiger partial charge on any atom is -0.385 e. The third-order valence-electron chi connectivity index (χ3n) is 4.98. The summed E-state index contributed by atoms with van der Waals surface area (Å²) in [5.74, 6) is 1.20. The van der Waals surface area contributed by atoms with Crippen LogP contribution in [0.4, 0.5) is 0 Å². The number of hydrogen-bond acceptors (Lipinski definition) is 1. The summed E-state index contributed by atoms with van der Waals surface area (Å²) in [4.78, 5) is 0. The van der Waals surface area contributed by atoms with Crippen LogP contribution in [0.15, 0.2) is 30.7 Å². The highest BCUT2D eigenvalue weighted by atomic mass is 14.9. The second-order valence-electron chi connectivity index (χ2n) is 6.81. The van der Waals surface area contributed by atoms with Gasteiger partial charge in [0.25, 0.3) is 0 Å². The van der Waals surface area contributed by atoms with Crippen molar-refractivity contribution in [1.29, 1.82) is 0 Å². The first-order valence-electron chi connectivity index (χ1n) is 8.37. The number of aryl methyl sites for hydroxylation is 1. The molecule has 1 N–H and O–H groups in total. The smallest absolute Gasteiger partial charge is 0.0403 e. The summed E-state index contributed by atoms with van der Waals surface area (Å²) in [5.41, 5.74) is 11.0. The van der Waals surface area contributed by atoms with E-state index in [1.165, 1.54) is 47.1 Å². The van der Waals surface area contributed by atoms with E-state index in [0.717, 1.165) is 18.2 Å². The summed E-state index contributed by atoms with van der Waals surface area (Å²) in [6, 6.07) is 2.38. The molecule has 0 spiro atoms. The molecular weight excluding hydrogens is 266 g/mol. The van der Waals surface area contributed by atoms with Gasteiger partial charge in [-0.1, -0.05) is 39.5 Å². The van der Waals surface area contributed by atoms with Crippen LogP contribution in [0.5, 0.6) is 0 Å². The van der Waals surface area contributed by atoms with Crippen molar-refractivity contribution in [2.75, 3.05) is 0 Å². The summed E-state index contributed by atoms with van der Waals surface area (Å²) in [5, 5.41) is 3.53. The van der Waals surface area contributed by atoms with Gasteiger partial charge in [0, 0.05) is 12.2 Å². The first-order valence-corrected chi connectivity index (χ1v) is 8.37. The van der Waals surface area contributed by atoms with Crippen molar-refractivity contribution in [3.63, 3.8) is 0 Å². The van der Waals surface area contributed by atoms with Gasteiger partial charge in [0.15, 0.2) is 0 Å². The van der Waals surface area contributed by atoms with Crippen molar-refractivity contribution in [1.82, 2.24) is 5.32 Å². The van der Waals surface area contributed by atoms with E-state index < -0.39 is 0 Å². The predicted octanol–water partition coefficient (Wildman–Crippen LogP) is 5.63. The van der Waals surface area contributed by atoms with Gasteiger partial charge in [-0.05, 0) is 72.4 Å². The second-order valence-corrected chi connectivity index (χ2v) is 6.81. The molecule has 2 rings (SSSR count). The van der Waals surface area contributed by atoms with Crippen LogP contribution < -0.4 is 5.32 Å². The van der Waals surface area contributed by atoms with Crippen LogP contribution >= 0.6 is 0 Å². The highest BCUT2D eigenvalue weighted by Crippen LogP contribution is 2.40. The standard InChI is InChI=1S/C21H29N/c1-7-9-19-15(4)12-20(18-10-8-11-18)21(16(19)5)13-22-17(6)14(2)3/h9,12,14,18,22H,1,6,8,10-11,13H2,2-5H3. The maximum atomic E-state index is 4.14. The van der Waals surface area contributed by atoms with Crippen LogP contribution in [0.25, 0.3) is 6.08 Å². The van der Waals surface area contributed by atoms with Gasteiger partial charge >= 0.3 is 0 Å². The van der Waals surface area contributed by atoms with E-state index in [1.807, 2.05) is 6.08 Å². The van der Waals surface area contributed by atoms with Gasteiger partial charge in [0.2, 0.25) is 0 Å². The molecule has 1 aromatic carbocycles. The Morgan fingerprint density at radius 2 is 2.09 bits per heavy atom. The Morgan fingerprint density at radius 1 is 1.41 bits per heavy atom. The third-order valence-corrected chi connectivity index (χ3v) is 4.98. The summed E-state index contributed by atoms with van der Waals surface area (Å²) in [6.07, 6.45) is 6.03. The molecule has 0 radical (unpaired) electrons. The monoisotopic (exact) mass is 295 g/mol. The van der Waals surface area contributed by atoms with E-state index in [-0.39, 0.29) is 0 Å². The van der Waals surface area contributed by atoms with Crippen molar-refractivity contribution in [2.24, 2.45) is 5.92 Å². The highest BCUT2D eigenvalue weighted by molar-refractivity contribution is 5.61. The van der Waals surface area contributed by atoms with Gasteiger partial charge in [-0.15, -0.1) is 5.73 Å². The fraction of sp³-hybridized carbons (Fsp3) is 0.476. The van der Waals surface area contributed by atoms with Gasteiger partial charge in [-0.3, -0.25) is 0 Å². The zero-order valence-electron chi connectivity index (χ0n) is 14.6. The van der Waals surface area contributed by atoms with Crippen LogP contribution in [0.3, 0.4) is 0 Å². The fourth-order valence-electron chi connectivity index (χ4n) is 3.12. The van der Waals surface area contributed by atoms with Crippen molar-refractivity contribution in [3.05, 3.63) is 58.5 Å². The molecule has 1 saturated carbocycles. The molecule has 1 heteroatoms. The Kier molecular flexibility index (Phi) is 5.32. The molecule has 118 valence electrons. The first kappa shape index (κ1) is 16.6. The molecule has 0 aromatic heterocycles. The quantitative estimate of drug-likeness (QED) is 0.671. The van der Waals surface area contributed by atoms with Crippen molar-refractivity contribution in [3.8, 4) is 0 Å². The van der Waals surface area contributed by atoms with Gasteiger partial charge < -0.3 is 5.32 Å². The van der Waals surface area contributed by atoms with Crippen molar-refractivity contribution >= 4 is 6.08 Å². The van der Waals surface area contributed by atoms with Gasteiger partial charge in [0.1, 0.15) is 0 Å². The van der Waals surface area contributed by atoms with E-state index in [4.69, 9.17) is 0 Å². The van der Waals surface area contributed by atoms with Crippen LogP contribution in [0.1, 0.15) is 66.8 Å². The van der Waals surface area contributed by atoms with Gasteiger partial charge in [-0.25, -0.2) is 0 Å². The summed E-state index contributed by atoms with van der Waals surface area (Å²) in [6.45, 7) is 17.5. The SMILES string of the molecule is C=C=Cc1c(C)cc(C2CCC2)c(CNC(=C)C(C)C)c1C. The highest BCUT2D eigenvalue weighted by Gasteiger charge is 2.24. The van der Waals surface area contributed by atoms with Crippen LogP contribution in [-0.4, -0.2) is 0 Å². The van der Waals surface area contributed by atoms with Crippen LogP contribution in [-0.2, 0) is 6.54 Å². The molecule has 22 heavy (non-hydrogen) atoms. The van der Waals surface area contributed by atoms with E-state index in [1.54, 1.807) is 0 Å². The number of nitrogens with one attached hydrogen (secondary N) is 1. The summed E-state index contributed by atoms with van der Waals surface area (Å²) < 4.78 is 0. The Hall–Kier alpha value is -1.72. The number of benzene rings is 1. The lowest BCUT2D eigenvalue weighted by molar-refractivity contribution is 0.416. The fourth-order valence-corrected chi connectivity index (χ4v) is 3.12. The summed E-state index contributed by atoms with van der Waals surface area (Å²) in [7, 11) is 0. The Balaban J connectivity index is 2.40. The molecule has 0 unspecified atom stereocenters. The zero-order valence-corrected chi connectivity index (χ0v) is 14.6. The van der Waals surface area contributed by atoms with Crippen LogP contribution in [0.2, 0.25) is 0 Å². The predicted molar refractivity (Wildman–Crippen MR) is 96.9 cm³/mol. The molecule has 0 atom stereocenters. The zero-order chi connectivity index (χ0) is 16.3. The molecule has 1 nitrogen and oxygen atoms in total. The van der Waals surface area contributed by atoms with E-state index in [9.17, 15) is 0 Å². The van der Waals surface area contributed by atoms with Crippen molar-refractivity contribution in [2.45, 2.75) is 59.4 Å². The Labute approximate surface area is 135 Å². The number of allylic oxidation sites excluding steroid dienone is 1. The van der Waals surface area contributed by atoms with Crippen LogP contribution in [0, 0.1) is 19.8 Å². The van der Waals surface area contributed by atoms with E-state index >= 15 is 0 Å². The average molecular weight is 295 g/mol. The molecule has 1 aliphatic rings. The second kappa shape index (κ2) is 7.03. The molecule has 1 fully saturated rings. The lowest BCUT2D eigenvalue weighted by atomic mass is 9.76. The maximum absolute atomic E-state index is 4.14. The lowest BCUT2D eigenvalue weighted by Gasteiger charge is -2.30. The maximum Gasteiger partial charge on any atom is 0.0403 e. The molecule has 1 aromatic rings. The Morgan fingerprint density at radius 3 is 2.59 bits per heavy atom. The van der Waals surface area contributed by atoms with Gasteiger partial charge in [-0.2, -0.15) is 0 Å². The molecule has 0 amide bonds. The Bertz CT molecular complexity index is 611. The molecular formula is C21H29N. The number of rotatable bonds is 6. The van der Waals surface area contributed by atoms with Crippen molar-refractivity contribution < 1.29 is 0 Å². The first-order chi connectivity index (χ1) is 10.5. The molecule has 0 saturated heterocycles. The topological polar surface area (TPSA) is 12.0 Å². The molecule has 0 aliphatic heterocycles. The summed E-state index contributed by atoms with van der Waals surface area (Å²) >= 11 is 0. The lowest BCUT2D eigenvalue weighted by Crippen LogP contribution is -2.20. The number of hydrogen-bond donors (Lipinski definition) is 1. The molecule has 0 bridgehead atoms. The molecule has 0 heterocycles. The largest absolute Gasteiger partial charge is 0.385 e. The minimum atomic E-state index is 0.463. The average Bonchev–Trinajstić information content (AvgIpc) is 2.40.